The first-order valence-electron chi connectivity index (χ1n) is 10.6. The molecule has 0 radical (unpaired) electrons. The number of aromatic nitrogens is 3. The van der Waals surface area contributed by atoms with Gasteiger partial charge in [-0.2, -0.15) is 0 Å². The van der Waals surface area contributed by atoms with Crippen molar-refractivity contribution in [2.45, 2.75) is 51.1 Å². The molecule has 2 aliphatic rings. The third-order valence-corrected chi connectivity index (χ3v) is 6.49. The largest absolute Gasteiger partial charge is 0.383 e. The molecule has 5 nitrogen and oxygen atoms in total. The molecule has 2 aromatic heterocycles. The number of hydrogen-bond donors (Lipinski definition) is 2. The van der Waals surface area contributed by atoms with Crippen LogP contribution < -0.4 is 11.1 Å². The van der Waals surface area contributed by atoms with Crippen molar-refractivity contribution in [3.05, 3.63) is 64.4 Å². The summed E-state index contributed by atoms with van der Waals surface area (Å²) in [7, 11) is 0. The van der Waals surface area contributed by atoms with Crippen molar-refractivity contribution >= 4 is 16.9 Å². The van der Waals surface area contributed by atoms with E-state index in [0.717, 1.165) is 41.4 Å². The number of allylic oxidation sites excluding steroid dienone is 2. The van der Waals surface area contributed by atoms with Gasteiger partial charge in [-0.25, -0.2) is 23.1 Å². The third-order valence-electron chi connectivity index (χ3n) is 6.49. The number of rotatable bonds is 5. The smallest absolute Gasteiger partial charge is 0.266 e. The number of nitrogens with one attached hydrogen (secondary N) is 1. The summed E-state index contributed by atoms with van der Waals surface area (Å²) in [4.78, 5) is 8.42. The van der Waals surface area contributed by atoms with Crippen LogP contribution in [0, 0.1) is 5.82 Å². The van der Waals surface area contributed by atoms with Crippen molar-refractivity contribution in [2.75, 3.05) is 12.3 Å². The first kappa shape index (κ1) is 20.1. The minimum atomic E-state index is -2.80. The minimum Gasteiger partial charge on any atom is -0.383 e. The van der Waals surface area contributed by atoms with Crippen molar-refractivity contribution in [3.63, 3.8) is 0 Å². The van der Waals surface area contributed by atoms with E-state index in [0.29, 0.717) is 37.3 Å². The van der Waals surface area contributed by atoms with Crippen LogP contribution in [0.1, 0.15) is 54.0 Å². The lowest BCUT2D eigenvalue weighted by atomic mass is 9.89. The molecule has 0 fully saturated rings. The van der Waals surface area contributed by atoms with Crippen LogP contribution in [-0.4, -0.2) is 21.1 Å². The number of alkyl halides is 2. The molecule has 3 aromatic rings. The van der Waals surface area contributed by atoms with Crippen LogP contribution >= 0.6 is 0 Å². The van der Waals surface area contributed by atoms with E-state index in [2.05, 4.69) is 25.9 Å². The average Bonchev–Trinajstić information content (AvgIpc) is 3.41. The molecule has 0 saturated heterocycles. The molecule has 1 aliphatic heterocycles. The maximum atomic E-state index is 14.5. The van der Waals surface area contributed by atoms with Crippen LogP contribution in [0.25, 0.3) is 11.0 Å². The summed E-state index contributed by atoms with van der Waals surface area (Å²) in [5.74, 6) is -0.258. The van der Waals surface area contributed by atoms with E-state index in [1.807, 2.05) is 12.3 Å². The van der Waals surface area contributed by atoms with E-state index in [9.17, 15) is 13.2 Å². The van der Waals surface area contributed by atoms with Crippen molar-refractivity contribution < 1.29 is 13.2 Å². The van der Waals surface area contributed by atoms with Crippen LogP contribution in [0.4, 0.5) is 19.0 Å². The second-order valence-electron chi connectivity index (χ2n) is 8.27. The molecule has 1 unspecified atom stereocenters. The van der Waals surface area contributed by atoms with E-state index in [-0.39, 0.29) is 6.04 Å². The zero-order valence-corrected chi connectivity index (χ0v) is 17.0. The predicted octanol–water partition coefficient (Wildman–Crippen LogP) is 4.63. The number of aryl methyl sites for hydroxylation is 1. The lowest BCUT2D eigenvalue weighted by Crippen LogP contribution is -2.26. The molecular formula is C23H24F3N5. The SMILES string of the molecule is Nc1ncnc2c1ccn2C1C=C(CCc2cc(C(F)F)c(F)c3c2CNCC3)CC1. The number of fused-ring (bicyclic) bond motifs is 2. The molecule has 1 aromatic carbocycles. The van der Waals surface area contributed by atoms with Gasteiger partial charge in [-0.1, -0.05) is 11.6 Å². The Bertz CT molecular complexity index is 1170. The van der Waals surface area contributed by atoms with Gasteiger partial charge in [0.2, 0.25) is 0 Å². The highest BCUT2D eigenvalue weighted by molar-refractivity contribution is 5.86. The maximum Gasteiger partial charge on any atom is 0.266 e. The Morgan fingerprint density at radius 1 is 1.19 bits per heavy atom. The first-order valence-corrected chi connectivity index (χ1v) is 10.6. The lowest BCUT2D eigenvalue weighted by molar-refractivity contribution is 0.146. The fraction of sp³-hybridized carbons (Fsp3) is 0.391. The molecule has 0 amide bonds. The normalized spacial score (nSPS) is 18.6. The number of benzene rings is 1. The van der Waals surface area contributed by atoms with Crippen molar-refractivity contribution in [3.8, 4) is 0 Å². The Balaban J connectivity index is 1.38. The molecular weight excluding hydrogens is 403 g/mol. The van der Waals surface area contributed by atoms with Crippen LogP contribution in [0.5, 0.6) is 0 Å². The molecule has 3 heterocycles. The van der Waals surface area contributed by atoms with E-state index in [1.165, 1.54) is 18.0 Å². The second kappa shape index (κ2) is 8.00. The Morgan fingerprint density at radius 2 is 2.06 bits per heavy atom. The Labute approximate surface area is 178 Å². The van der Waals surface area contributed by atoms with E-state index >= 15 is 0 Å². The summed E-state index contributed by atoms with van der Waals surface area (Å²) in [5, 5.41) is 4.08. The van der Waals surface area contributed by atoms with Crippen LogP contribution in [0.15, 0.2) is 36.3 Å². The topological polar surface area (TPSA) is 68.8 Å². The van der Waals surface area contributed by atoms with Crippen molar-refractivity contribution in [1.29, 1.82) is 0 Å². The summed E-state index contributed by atoms with van der Waals surface area (Å²) in [5.41, 5.74) is 9.72. The monoisotopic (exact) mass is 427 g/mol. The number of nitrogens with two attached hydrogens (primary N) is 1. The zero-order chi connectivity index (χ0) is 21.5. The maximum absolute atomic E-state index is 14.5. The highest BCUT2D eigenvalue weighted by atomic mass is 19.3. The number of nitrogens with zero attached hydrogens (tertiary/aromatic N) is 3. The summed E-state index contributed by atoms with van der Waals surface area (Å²) < 4.78 is 43.4. The Hall–Kier alpha value is -2.87. The van der Waals surface area contributed by atoms with Crippen molar-refractivity contribution in [1.82, 2.24) is 19.9 Å². The number of anilines is 1. The van der Waals surface area contributed by atoms with E-state index < -0.39 is 17.8 Å². The van der Waals surface area contributed by atoms with E-state index in [1.54, 1.807) is 0 Å². The molecule has 0 bridgehead atoms. The van der Waals surface area contributed by atoms with Gasteiger partial charge < -0.3 is 15.6 Å². The summed E-state index contributed by atoms with van der Waals surface area (Å²) in [6.07, 6.45) is 6.63. The highest BCUT2D eigenvalue weighted by Gasteiger charge is 2.25. The van der Waals surface area contributed by atoms with Gasteiger partial charge >= 0.3 is 0 Å². The molecule has 1 aliphatic carbocycles. The van der Waals surface area contributed by atoms with Crippen LogP contribution in [0.2, 0.25) is 0 Å². The minimum absolute atomic E-state index is 0.183. The van der Waals surface area contributed by atoms with E-state index in [4.69, 9.17) is 5.73 Å². The summed E-state index contributed by atoms with van der Waals surface area (Å²) in [6.45, 7) is 1.14. The zero-order valence-electron chi connectivity index (χ0n) is 17.0. The fourth-order valence-corrected chi connectivity index (χ4v) is 4.88. The third kappa shape index (κ3) is 3.59. The Morgan fingerprint density at radius 3 is 2.90 bits per heavy atom. The fourth-order valence-electron chi connectivity index (χ4n) is 4.88. The van der Waals surface area contributed by atoms with Gasteiger partial charge in [0.25, 0.3) is 6.43 Å². The quantitative estimate of drug-likeness (QED) is 0.583. The van der Waals surface area contributed by atoms with Crippen molar-refractivity contribution in [2.24, 2.45) is 0 Å². The summed E-state index contributed by atoms with van der Waals surface area (Å²) in [6, 6.07) is 3.49. The molecule has 8 heteroatoms. The van der Waals surface area contributed by atoms with Gasteiger partial charge in [0.1, 0.15) is 23.6 Å². The molecule has 1 atom stereocenters. The van der Waals surface area contributed by atoms with Gasteiger partial charge in [-0.05, 0) is 67.5 Å². The molecule has 5 rings (SSSR count). The average molecular weight is 427 g/mol. The molecule has 3 N–H and O–H groups in total. The van der Waals surface area contributed by atoms with Gasteiger partial charge in [0.05, 0.1) is 17.0 Å². The number of nitrogen functional groups attached to an aromatic ring is 1. The Kier molecular flexibility index (Phi) is 5.17. The van der Waals surface area contributed by atoms with Gasteiger partial charge in [0.15, 0.2) is 0 Å². The van der Waals surface area contributed by atoms with Crippen LogP contribution in [-0.2, 0) is 19.4 Å². The predicted molar refractivity (Wildman–Crippen MR) is 113 cm³/mol. The molecule has 0 spiro atoms. The first-order chi connectivity index (χ1) is 15.0. The van der Waals surface area contributed by atoms with Gasteiger partial charge in [-0.3, -0.25) is 0 Å². The molecule has 31 heavy (non-hydrogen) atoms. The second-order valence-corrected chi connectivity index (χ2v) is 8.27. The molecule has 0 saturated carbocycles. The van der Waals surface area contributed by atoms with Crippen LogP contribution in [0.3, 0.4) is 0 Å². The van der Waals surface area contributed by atoms with Gasteiger partial charge in [0, 0.05) is 12.7 Å². The highest BCUT2D eigenvalue weighted by Crippen LogP contribution is 2.36. The number of halogens is 3. The number of hydrogen-bond acceptors (Lipinski definition) is 4. The summed E-state index contributed by atoms with van der Waals surface area (Å²) >= 11 is 0. The lowest BCUT2D eigenvalue weighted by Gasteiger charge is -2.23. The molecule has 162 valence electrons. The van der Waals surface area contributed by atoms with Gasteiger partial charge in [-0.15, -0.1) is 0 Å². The standard InChI is InChI=1S/C23H24F3N5/c24-20-16-5-7-28-11-19(16)14(10-18(20)21(25)26)3-1-13-2-4-15(9-13)31-8-6-17-22(27)29-12-30-23(17)31/h6,8-10,12,15,21,28H,1-5,7,11H2,(H2,27,29,30).